The lowest BCUT2D eigenvalue weighted by Gasteiger charge is -2.33. The lowest BCUT2D eigenvalue weighted by Crippen LogP contribution is -2.50. The maximum absolute atomic E-state index is 12.6. The summed E-state index contributed by atoms with van der Waals surface area (Å²) in [7, 11) is -3.19. The zero-order valence-corrected chi connectivity index (χ0v) is 14.0. The highest BCUT2D eigenvalue weighted by Crippen LogP contribution is 2.19. The molecule has 2 heterocycles. The average Bonchev–Trinajstić information content (AvgIpc) is 2.93. The van der Waals surface area contributed by atoms with Crippen molar-refractivity contribution in [2.45, 2.75) is 13.8 Å². The number of rotatable bonds is 3. The minimum Gasteiger partial charge on any atom is -0.441 e. The second kappa shape index (κ2) is 5.93. The molecule has 1 saturated heterocycles. The second-order valence-corrected chi connectivity index (χ2v) is 7.76. The number of aryl methyl sites for hydroxylation is 1. The molecule has 0 atom stereocenters. The molecule has 1 amide bonds. The molecule has 124 valence electrons. The van der Waals surface area contributed by atoms with E-state index in [4.69, 9.17) is 4.42 Å². The van der Waals surface area contributed by atoms with Gasteiger partial charge in [-0.05, 0) is 25.1 Å². The van der Waals surface area contributed by atoms with Crippen molar-refractivity contribution in [1.29, 1.82) is 0 Å². The third-order valence-corrected chi connectivity index (χ3v) is 5.91. The number of carbonyl (C=O) groups excluding carboxylic acids is 1. The average molecular weight is 337 g/mol. The molecule has 0 aliphatic carbocycles. The van der Waals surface area contributed by atoms with E-state index in [9.17, 15) is 13.2 Å². The van der Waals surface area contributed by atoms with Crippen LogP contribution in [0, 0.1) is 6.92 Å². The van der Waals surface area contributed by atoms with Gasteiger partial charge in [0.25, 0.3) is 5.91 Å². The summed E-state index contributed by atoms with van der Waals surface area (Å²) in [5.41, 5.74) is 1.84. The van der Waals surface area contributed by atoms with E-state index in [2.05, 4.69) is 4.98 Å². The molecule has 0 bridgehead atoms. The fourth-order valence-corrected chi connectivity index (χ4v) is 3.79. The van der Waals surface area contributed by atoms with Gasteiger partial charge in [-0.1, -0.05) is 0 Å². The molecule has 0 spiro atoms. The fraction of sp³-hybridized carbons (Fsp3) is 0.467. The highest BCUT2D eigenvalue weighted by molar-refractivity contribution is 7.89. The van der Waals surface area contributed by atoms with Gasteiger partial charge >= 0.3 is 0 Å². The molecule has 23 heavy (non-hydrogen) atoms. The largest absolute Gasteiger partial charge is 0.441 e. The zero-order valence-electron chi connectivity index (χ0n) is 13.2. The molecule has 1 aromatic heterocycles. The van der Waals surface area contributed by atoms with Gasteiger partial charge in [0.1, 0.15) is 5.52 Å². The van der Waals surface area contributed by atoms with E-state index < -0.39 is 10.0 Å². The van der Waals surface area contributed by atoms with Crippen molar-refractivity contribution in [2.75, 3.05) is 31.9 Å². The highest BCUT2D eigenvalue weighted by Gasteiger charge is 2.28. The van der Waals surface area contributed by atoms with Crippen LogP contribution in [0.3, 0.4) is 0 Å². The SMILES string of the molecule is CCS(=O)(=O)N1CCN(C(=O)c2ccc3oc(C)nc3c2)CC1. The summed E-state index contributed by atoms with van der Waals surface area (Å²) in [6.07, 6.45) is 0. The summed E-state index contributed by atoms with van der Waals surface area (Å²) in [6, 6.07) is 5.16. The summed E-state index contributed by atoms with van der Waals surface area (Å²) >= 11 is 0. The van der Waals surface area contributed by atoms with E-state index in [0.717, 1.165) is 0 Å². The Morgan fingerprint density at radius 1 is 1.26 bits per heavy atom. The molecule has 7 nitrogen and oxygen atoms in total. The first-order valence-electron chi connectivity index (χ1n) is 7.55. The second-order valence-electron chi connectivity index (χ2n) is 5.51. The lowest BCUT2D eigenvalue weighted by molar-refractivity contribution is 0.0698. The van der Waals surface area contributed by atoms with Gasteiger partial charge in [0.15, 0.2) is 11.5 Å². The number of fused-ring (bicyclic) bond motifs is 1. The van der Waals surface area contributed by atoms with Crippen molar-refractivity contribution in [3.05, 3.63) is 29.7 Å². The first-order valence-corrected chi connectivity index (χ1v) is 9.16. The standard InChI is InChI=1S/C15H19N3O4S/c1-3-23(20,21)18-8-6-17(7-9-18)15(19)12-4-5-14-13(10-12)16-11(2)22-14/h4-5,10H,3,6-9H2,1-2H3. The smallest absolute Gasteiger partial charge is 0.254 e. The predicted molar refractivity (Wildman–Crippen MR) is 85.7 cm³/mol. The monoisotopic (exact) mass is 337 g/mol. The van der Waals surface area contributed by atoms with Gasteiger partial charge in [0.05, 0.1) is 5.75 Å². The Morgan fingerprint density at radius 2 is 1.96 bits per heavy atom. The zero-order chi connectivity index (χ0) is 16.6. The van der Waals surface area contributed by atoms with Crippen LogP contribution in [0.25, 0.3) is 11.1 Å². The number of piperazine rings is 1. The van der Waals surface area contributed by atoms with Gasteiger partial charge in [0, 0.05) is 38.7 Å². The van der Waals surface area contributed by atoms with Crippen LogP contribution in [0.15, 0.2) is 22.6 Å². The Morgan fingerprint density at radius 3 is 2.61 bits per heavy atom. The molecule has 1 aliphatic rings. The van der Waals surface area contributed by atoms with Crippen molar-refractivity contribution in [3.8, 4) is 0 Å². The van der Waals surface area contributed by atoms with Gasteiger partial charge in [-0.15, -0.1) is 0 Å². The van der Waals surface area contributed by atoms with Gasteiger partial charge < -0.3 is 9.32 Å². The molecular formula is C15H19N3O4S. The molecule has 2 aromatic rings. The Balaban J connectivity index is 1.73. The van der Waals surface area contributed by atoms with Crippen LogP contribution in [0.4, 0.5) is 0 Å². The van der Waals surface area contributed by atoms with Crippen LogP contribution < -0.4 is 0 Å². The maximum Gasteiger partial charge on any atom is 0.254 e. The van der Waals surface area contributed by atoms with E-state index in [1.165, 1.54) is 4.31 Å². The van der Waals surface area contributed by atoms with Crippen LogP contribution in [0.5, 0.6) is 0 Å². The summed E-state index contributed by atoms with van der Waals surface area (Å²) < 4.78 is 30.6. The maximum atomic E-state index is 12.6. The molecule has 8 heteroatoms. The van der Waals surface area contributed by atoms with Crippen LogP contribution in [0.2, 0.25) is 0 Å². The van der Waals surface area contributed by atoms with Gasteiger partial charge in [-0.2, -0.15) is 4.31 Å². The molecule has 0 unspecified atom stereocenters. The molecule has 1 fully saturated rings. The molecule has 3 rings (SSSR count). The number of nitrogens with zero attached hydrogens (tertiary/aromatic N) is 3. The molecule has 0 saturated carbocycles. The summed E-state index contributed by atoms with van der Waals surface area (Å²) in [6.45, 7) is 4.86. The first kappa shape index (κ1) is 15.9. The van der Waals surface area contributed by atoms with Gasteiger partial charge in [-0.3, -0.25) is 4.79 Å². The fourth-order valence-electron chi connectivity index (χ4n) is 2.71. The minimum absolute atomic E-state index is 0.0864. The van der Waals surface area contributed by atoms with Gasteiger partial charge in [0.2, 0.25) is 10.0 Å². The number of hydrogen-bond donors (Lipinski definition) is 0. The predicted octanol–water partition coefficient (Wildman–Crippen LogP) is 1.24. The Bertz CT molecular complexity index is 836. The quantitative estimate of drug-likeness (QED) is 0.841. The Kier molecular flexibility index (Phi) is 4.11. The minimum atomic E-state index is -3.19. The topological polar surface area (TPSA) is 83.7 Å². The van der Waals surface area contributed by atoms with E-state index in [0.29, 0.717) is 48.7 Å². The van der Waals surface area contributed by atoms with Crippen molar-refractivity contribution < 1.29 is 17.6 Å². The number of carbonyl (C=O) groups is 1. The summed E-state index contributed by atoms with van der Waals surface area (Å²) in [5.74, 6) is 0.535. The molecule has 1 aromatic carbocycles. The number of aromatic nitrogens is 1. The van der Waals surface area contributed by atoms with Gasteiger partial charge in [-0.25, -0.2) is 13.4 Å². The van der Waals surface area contributed by atoms with Crippen LogP contribution in [-0.4, -0.2) is 60.4 Å². The number of amides is 1. The first-order chi connectivity index (χ1) is 10.9. The molecule has 1 aliphatic heterocycles. The van der Waals surface area contributed by atoms with Crippen LogP contribution in [0.1, 0.15) is 23.2 Å². The summed E-state index contributed by atoms with van der Waals surface area (Å²) in [5, 5.41) is 0. The molecule has 0 N–H and O–H groups in total. The Hall–Kier alpha value is -1.93. The summed E-state index contributed by atoms with van der Waals surface area (Å²) in [4.78, 5) is 18.5. The van der Waals surface area contributed by atoms with E-state index in [1.54, 1.807) is 36.9 Å². The Labute approximate surface area is 134 Å². The van der Waals surface area contributed by atoms with Crippen LogP contribution >= 0.6 is 0 Å². The van der Waals surface area contributed by atoms with E-state index >= 15 is 0 Å². The normalized spacial score (nSPS) is 16.9. The van der Waals surface area contributed by atoms with Crippen molar-refractivity contribution in [3.63, 3.8) is 0 Å². The number of oxazole rings is 1. The number of sulfonamides is 1. The van der Waals surface area contributed by atoms with Crippen molar-refractivity contribution in [1.82, 2.24) is 14.2 Å². The third-order valence-electron chi connectivity index (χ3n) is 4.03. The number of hydrogen-bond acceptors (Lipinski definition) is 5. The van der Waals surface area contributed by atoms with Crippen molar-refractivity contribution >= 4 is 27.0 Å². The lowest BCUT2D eigenvalue weighted by atomic mass is 10.1. The van der Waals surface area contributed by atoms with E-state index in [-0.39, 0.29) is 11.7 Å². The third kappa shape index (κ3) is 3.09. The highest BCUT2D eigenvalue weighted by atomic mass is 32.2. The van der Waals surface area contributed by atoms with Crippen LogP contribution in [-0.2, 0) is 10.0 Å². The molecular weight excluding hydrogens is 318 g/mol. The number of benzene rings is 1. The van der Waals surface area contributed by atoms with E-state index in [1.807, 2.05) is 0 Å². The van der Waals surface area contributed by atoms with Crippen molar-refractivity contribution in [2.24, 2.45) is 0 Å². The molecule has 0 radical (unpaired) electrons.